The topological polar surface area (TPSA) is 18.5 Å². The van der Waals surface area contributed by atoms with Gasteiger partial charge in [0.15, 0.2) is 0 Å². The second kappa shape index (κ2) is 7.03. The zero-order valence-corrected chi connectivity index (χ0v) is 13.0. The highest BCUT2D eigenvalue weighted by Gasteiger charge is 2.45. The maximum atomic E-state index is 6.35. The van der Waals surface area contributed by atoms with E-state index < -0.39 is 8.56 Å². The first-order valence-corrected chi connectivity index (χ1v) is 9.15. The van der Waals surface area contributed by atoms with Gasteiger partial charge in [-0.3, -0.25) is 0 Å². The maximum absolute atomic E-state index is 6.35. The molecule has 2 aliphatic carbocycles. The molecule has 104 valence electrons. The molecule has 0 atom stereocenters. The van der Waals surface area contributed by atoms with E-state index in [2.05, 4.69) is 50.3 Å². The zero-order valence-electron chi connectivity index (χ0n) is 12.0. The number of allylic oxidation sites excluding steroid dienone is 8. The summed E-state index contributed by atoms with van der Waals surface area (Å²) in [4.78, 5) is 0. The van der Waals surface area contributed by atoms with E-state index >= 15 is 0 Å². The van der Waals surface area contributed by atoms with E-state index in [9.17, 15) is 0 Å². The van der Waals surface area contributed by atoms with Gasteiger partial charge in [0, 0.05) is 13.2 Å². The minimum atomic E-state index is -2.37. The van der Waals surface area contributed by atoms with Crippen molar-refractivity contribution in [3.8, 4) is 0 Å². The Morgan fingerprint density at radius 2 is 1.37 bits per heavy atom. The molecule has 19 heavy (non-hydrogen) atoms. The first kappa shape index (κ1) is 14.5. The van der Waals surface area contributed by atoms with Crippen molar-refractivity contribution in [1.29, 1.82) is 0 Å². The highest BCUT2D eigenvalue weighted by molar-refractivity contribution is 6.82. The highest BCUT2D eigenvalue weighted by atomic mass is 28.4. The van der Waals surface area contributed by atoms with Crippen LogP contribution >= 0.6 is 0 Å². The van der Waals surface area contributed by atoms with Crippen LogP contribution in [0.1, 0.15) is 39.5 Å². The molecule has 0 saturated heterocycles. The van der Waals surface area contributed by atoms with Crippen LogP contribution in [0, 0.1) is 0 Å². The first-order valence-electron chi connectivity index (χ1n) is 7.33. The molecule has 2 aliphatic rings. The molecule has 2 rings (SSSR count). The van der Waals surface area contributed by atoms with Crippen molar-refractivity contribution in [3.05, 3.63) is 46.8 Å². The average Bonchev–Trinajstić information content (AvgIpc) is 3.12. The van der Waals surface area contributed by atoms with Crippen LogP contribution in [0.15, 0.2) is 46.8 Å². The Morgan fingerprint density at radius 3 is 1.68 bits per heavy atom. The predicted octanol–water partition coefficient (Wildman–Crippen LogP) is 4.13. The van der Waals surface area contributed by atoms with Gasteiger partial charge in [-0.25, -0.2) is 0 Å². The van der Waals surface area contributed by atoms with E-state index in [4.69, 9.17) is 8.85 Å². The van der Waals surface area contributed by atoms with Gasteiger partial charge >= 0.3 is 8.56 Å². The number of rotatable bonds is 8. The number of hydrogen-bond acceptors (Lipinski definition) is 2. The van der Waals surface area contributed by atoms with Crippen molar-refractivity contribution in [2.75, 3.05) is 13.2 Å². The predicted molar refractivity (Wildman–Crippen MR) is 81.9 cm³/mol. The Balaban J connectivity index is 2.25. The van der Waals surface area contributed by atoms with Crippen LogP contribution in [0.3, 0.4) is 0 Å². The third-order valence-electron chi connectivity index (χ3n) is 3.41. The maximum Gasteiger partial charge on any atom is 0.399 e. The fourth-order valence-corrected chi connectivity index (χ4v) is 6.12. The summed E-state index contributed by atoms with van der Waals surface area (Å²) in [6.45, 7) is 5.87. The molecular formula is C16H24O2Si. The minimum absolute atomic E-state index is 0.782. The quantitative estimate of drug-likeness (QED) is 0.621. The Kier molecular flexibility index (Phi) is 5.37. The Bertz CT molecular complexity index is 378. The van der Waals surface area contributed by atoms with Crippen molar-refractivity contribution in [3.63, 3.8) is 0 Å². The smallest absolute Gasteiger partial charge is 0.388 e. The van der Waals surface area contributed by atoms with Gasteiger partial charge in [-0.2, -0.15) is 0 Å². The fraction of sp³-hybridized carbons (Fsp3) is 0.500. The van der Waals surface area contributed by atoms with Gasteiger partial charge in [-0.05, 0) is 36.1 Å². The fourth-order valence-electron chi connectivity index (χ4n) is 2.49. The molecule has 0 unspecified atom stereocenters. The lowest BCUT2D eigenvalue weighted by atomic mass is 10.5. The molecule has 0 spiro atoms. The van der Waals surface area contributed by atoms with Crippen LogP contribution < -0.4 is 0 Å². The van der Waals surface area contributed by atoms with Gasteiger partial charge in [-0.15, -0.1) is 0 Å². The van der Waals surface area contributed by atoms with E-state index in [0.717, 1.165) is 38.9 Å². The third kappa shape index (κ3) is 3.16. The summed E-state index contributed by atoms with van der Waals surface area (Å²) < 4.78 is 12.7. The van der Waals surface area contributed by atoms with Crippen molar-refractivity contribution >= 4 is 8.56 Å². The van der Waals surface area contributed by atoms with Crippen LogP contribution in [-0.2, 0) is 8.85 Å². The largest absolute Gasteiger partial charge is 0.399 e. The lowest BCUT2D eigenvalue weighted by molar-refractivity contribution is 0.182. The first-order chi connectivity index (χ1) is 9.33. The van der Waals surface area contributed by atoms with Crippen molar-refractivity contribution < 1.29 is 8.85 Å². The van der Waals surface area contributed by atoms with Gasteiger partial charge < -0.3 is 8.85 Å². The minimum Gasteiger partial charge on any atom is -0.388 e. The van der Waals surface area contributed by atoms with Gasteiger partial charge in [0.2, 0.25) is 0 Å². The van der Waals surface area contributed by atoms with E-state index in [1.54, 1.807) is 0 Å². The van der Waals surface area contributed by atoms with Crippen molar-refractivity contribution in [2.24, 2.45) is 0 Å². The molecule has 0 aromatic heterocycles. The van der Waals surface area contributed by atoms with Gasteiger partial charge in [0.1, 0.15) is 0 Å². The lowest BCUT2D eigenvalue weighted by Crippen LogP contribution is -2.47. The number of hydrogen-bond donors (Lipinski definition) is 0. The standard InChI is InChI=1S/C16H24O2Si/c1-3-13-17-19(18-14-4-2,15-9-5-6-10-15)16-11-7-8-12-16/h5-9,11H,3-4,10,12-14H2,1-2H3. The molecule has 0 saturated carbocycles. The Hall–Kier alpha value is -0.903. The Morgan fingerprint density at radius 1 is 0.895 bits per heavy atom. The van der Waals surface area contributed by atoms with Crippen molar-refractivity contribution in [2.45, 2.75) is 39.5 Å². The summed E-state index contributed by atoms with van der Waals surface area (Å²) in [5, 5.41) is 2.73. The summed E-state index contributed by atoms with van der Waals surface area (Å²) in [6, 6.07) is 0. The molecule has 0 aromatic carbocycles. The molecule has 0 amide bonds. The molecule has 0 aliphatic heterocycles. The summed E-state index contributed by atoms with van der Waals surface area (Å²) >= 11 is 0. The monoisotopic (exact) mass is 276 g/mol. The van der Waals surface area contributed by atoms with E-state index in [1.165, 1.54) is 10.4 Å². The third-order valence-corrected chi connectivity index (χ3v) is 7.06. The second-order valence-electron chi connectivity index (χ2n) is 4.96. The summed E-state index contributed by atoms with van der Waals surface area (Å²) in [7, 11) is -2.37. The lowest BCUT2D eigenvalue weighted by Gasteiger charge is -2.33. The molecule has 0 N–H and O–H groups in total. The van der Waals surface area contributed by atoms with Gasteiger partial charge in [0.05, 0.1) is 0 Å². The van der Waals surface area contributed by atoms with Crippen LogP contribution in [0.2, 0.25) is 0 Å². The van der Waals surface area contributed by atoms with E-state index in [1.807, 2.05) is 0 Å². The molecule has 0 radical (unpaired) electrons. The Labute approximate surface area is 117 Å². The van der Waals surface area contributed by atoms with E-state index in [-0.39, 0.29) is 0 Å². The molecular weight excluding hydrogens is 252 g/mol. The van der Waals surface area contributed by atoms with Gasteiger partial charge in [0.25, 0.3) is 0 Å². The highest BCUT2D eigenvalue weighted by Crippen LogP contribution is 2.35. The molecule has 0 bridgehead atoms. The summed E-state index contributed by atoms with van der Waals surface area (Å²) in [5.41, 5.74) is 0. The molecule has 2 nitrogen and oxygen atoms in total. The van der Waals surface area contributed by atoms with Crippen LogP contribution in [0.4, 0.5) is 0 Å². The summed E-state index contributed by atoms with van der Waals surface area (Å²) in [6.07, 6.45) is 17.1. The molecule has 0 heterocycles. The summed E-state index contributed by atoms with van der Waals surface area (Å²) in [5.74, 6) is 0. The van der Waals surface area contributed by atoms with Crippen LogP contribution in [-0.4, -0.2) is 21.8 Å². The molecule has 0 aromatic rings. The van der Waals surface area contributed by atoms with Crippen molar-refractivity contribution in [1.82, 2.24) is 0 Å². The second-order valence-corrected chi connectivity index (χ2v) is 8.06. The average molecular weight is 276 g/mol. The zero-order chi connectivity index (χ0) is 13.6. The normalized spacial score (nSPS) is 18.0. The van der Waals surface area contributed by atoms with Crippen LogP contribution in [0.5, 0.6) is 0 Å². The molecule has 0 fully saturated rings. The van der Waals surface area contributed by atoms with Crippen LogP contribution in [0.25, 0.3) is 0 Å². The van der Waals surface area contributed by atoms with Gasteiger partial charge in [-0.1, -0.05) is 50.3 Å². The molecule has 3 heteroatoms. The SMILES string of the molecule is CCCO[Si](OCCC)(C1=CC=CC1)C1=CC=CC1. The van der Waals surface area contributed by atoms with E-state index in [0.29, 0.717) is 0 Å².